The second kappa shape index (κ2) is 8.86. The lowest BCUT2D eigenvalue weighted by atomic mass is 10.1. The van der Waals surface area contributed by atoms with E-state index in [1.54, 1.807) is 29.0 Å². The van der Waals surface area contributed by atoms with Crippen molar-refractivity contribution in [3.8, 4) is 5.75 Å². The lowest BCUT2D eigenvalue weighted by Crippen LogP contribution is -2.50. The van der Waals surface area contributed by atoms with Crippen molar-refractivity contribution in [3.05, 3.63) is 58.1 Å². The molecule has 9 nitrogen and oxygen atoms in total. The van der Waals surface area contributed by atoms with Gasteiger partial charge in [0.1, 0.15) is 5.75 Å². The number of amides is 2. The molecule has 0 N–H and O–H groups in total. The molecule has 4 rings (SSSR count). The largest absolute Gasteiger partial charge is 0.495 e. The molecule has 0 aliphatic carbocycles. The Morgan fingerprint density at radius 2 is 1.88 bits per heavy atom. The number of carbonyl (C=O) groups is 2. The smallest absolute Gasteiger partial charge is 0.271 e. The van der Waals surface area contributed by atoms with Crippen molar-refractivity contribution in [2.24, 2.45) is 5.92 Å². The fourth-order valence-corrected chi connectivity index (χ4v) is 4.36. The molecule has 32 heavy (non-hydrogen) atoms. The van der Waals surface area contributed by atoms with E-state index in [9.17, 15) is 19.7 Å². The summed E-state index contributed by atoms with van der Waals surface area (Å²) in [4.78, 5) is 42.0. The molecule has 0 aromatic heterocycles. The number of nitro benzene ring substituents is 1. The van der Waals surface area contributed by atoms with Gasteiger partial charge in [-0.25, -0.2) is 0 Å². The van der Waals surface area contributed by atoms with E-state index < -0.39 is 10.8 Å². The molecule has 168 valence electrons. The Bertz CT molecular complexity index is 1050. The van der Waals surface area contributed by atoms with E-state index in [-0.39, 0.29) is 23.9 Å². The third-order valence-corrected chi connectivity index (χ3v) is 6.10. The first-order valence-corrected chi connectivity index (χ1v) is 10.6. The third-order valence-electron chi connectivity index (χ3n) is 6.10. The van der Waals surface area contributed by atoms with E-state index in [0.717, 1.165) is 11.3 Å². The predicted octanol–water partition coefficient (Wildman–Crippen LogP) is 2.61. The van der Waals surface area contributed by atoms with Crippen molar-refractivity contribution >= 4 is 28.9 Å². The van der Waals surface area contributed by atoms with Crippen LogP contribution in [0.5, 0.6) is 5.75 Å². The van der Waals surface area contributed by atoms with E-state index in [4.69, 9.17) is 4.74 Å². The maximum absolute atomic E-state index is 13.1. The molecule has 0 bridgehead atoms. The minimum atomic E-state index is -0.407. The molecule has 0 spiro atoms. The van der Waals surface area contributed by atoms with Crippen molar-refractivity contribution in [1.82, 2.24) is 4.90 Å². The summed E-state index contributed by atoms with van der Waals surface area (Å²) in [5, 5.41) is 11.0. The first-order valence-electron chi connectivity index (χ1n) is 10.6. The molecule has 1 unspecified atom stereocenters. The molecule has 1 atom stereocenters. The van der Waals surface area contributed by atoms with E-state index in [0.29, 0.717) is 44.2 Å². The summed E-state index contributed by atoms with van der Waals surface area (Å²) < 4.78 is 5.41. The normalized spacial score (nSPS) is 18.8. The number of ether oxygens (including phenoxy) is 1. The minimum absolute atomic E-state index is 0.0221. The van der Waals surface area contributed by atoms with Crippen LogP contribution < -0.4 is 14.5 Å². The average molecular weight is 438 g/mol. The average Bonchev–Trinajstić information content (AvgIpc) is 3.20. The number of hydrogen-bond donors (Lipinski definition) is 0. The zero-order chi connectivity index (χ0) is 22.8. The molecule has 0 saturated carbocycles. The van der Waals surface area contributed by atoms with Gasteiger partial charge in [-0.3, -0.25) is 19.7 Å². The lowest BCUT2D eigenvalue weighted by molar-refractivity contribution is -0.384. The highest BCUT2D eigenvalue weighted by Gasteiger charge is 2.39. The maximum Gasteiger partial charge on any atom is 0.271 e. The van der Waals surface area contributed by atoms with Gasteiger partial charge in [0.2, 0.25) is 11.8 Å². The molecular weight excluding hydrogens is 412 g/mol. The molecule has 2 saturated heterocycles. The fraction of sp³-hybridized carbons (Fsp3) is 0.391. The number of piperazine rings is 1. The number of aryl methyl sites for hydroxylation is 1. The van der Waals surface area contributed by atoms with Crippen LogP contribution in [0.3, 0.4) is 0 Å². The maximum atomic E-state index is 13.1. The highest BCUT2D eigenvalue weighted by molar-refractivity contribution is 6.01. The van der Waals surface area contributed by atoms with Crippen molar-refractivity contribution < 1.29 is 19.2 Å². The Morgan fingerprint density at radius 3 is 2.56 bits per heavy atom. The number of anilines is 2. The Kier molecular flexibility index (Phi) is 5.98. The molecule has 2 fully saturated rings. The van der Waals surface area contributed by atoms with Gasteiger partial charge in [-0.1, -0.05) is 12.1 Å². The van der Waals surface area contributed by atoms with Crippen molar-refractivity contribution in [1.29, 1.82) is 0 Å². The molecule has 2 aromatic carbocycles. The van der Waals surface area contributed by atoms with Crippen LogP contribution >= 0.6 is 0 Å². The number of carbonyl (C=O) groups excluding carboxylic acids is 2. The molecule has 2 amide bonds. The molecular formula is C23H26N4O5. The standard InChI is InChI=1S/C23H26N4O5/c1-16-6-7-21(32-2)20(12-16)26-15-17(13-22(26)28)23(29)25-10-8-24(9-11-25)18-4-3-5-19(14-18)27(30)31/h3-7,12,14,17H,8-11,13,15H2,1-2H3. The molecule has 2 heterocycles. The lowest BCUT2D eigenvalue weighted by Gasteiger charge is -2.37. The van der Waals surface area contributed by atoms with Gasteiger partial charge in [-0.05, 0) is 30.7 Å². The van der Waals surface area contributed by atoms with Gasteiger partial charge >= 0.3 is 0 Å². The number of benzene rings is 2. The molecule has 0 radical (unpaired) electrons. The summed E-state index contributed by atoms with van der Waals surface area (Å²) in [6.45, 7) is 4.49. The second-order valence-corrected chi connectivity index (χ2v) is 8.17. The quantitative estimate of drug-likeness (QED) is 0.526. The first kappa shape index (κ1) is 21.6. The minimum Gasteiger partial charge on any atom is -0.495 e. The Hall–Kier alpha value is -3.62. The van der Waals surface area contributed by atoms with Gasteiger partial charge in [0.05, 0.1) is 23.6 Å². The van der Waals surface area contributed by atoms with Crippen LogP contribution in [0.2, 0.25) is 0 Å². The summed E-state index contributed by atoms with van der Waals surface area (Å²) in [7, 11) is 1.57. The van der Waals surface area contributed by atoms with Crippen LogP contribution in [-0.2, 0) is 9.59 Å². The van der Waals surface area contributed by atoms with Gasteiger partial charge in [0, 0.05) is 57.0 Å². The van der Waals surface area contributed by atoms with Gasteiger partial charge in [0.25, 0.3) is 5.69 Å². The molecule has 2 aliphatic rings. The monoisotopic (exact) mass is 438 g/mol. The van der Waals surface area contributed by atoms with E-state index in [1.807, 2.05) is 36.1 Å². The number of non-ortho nitro benzene ring substituents is 1. The molecule has 2 aliphatic heterocycles. The highest BCUT2D eigenvalue weighted by atomic mass is 16.6. The number of nitrogens with zero attached hydrogens (tertiary/aromatic N) is 4. The summed E-state index contributed by atoms with van der Waals surface area (Å²) >= 11 is 0. The van der Waals surface area contributed by atoms with E-state index >= 15 is 0 Å². The van der Waals surface area contributed by atoms with Gasteiger partial charge in [-0.2, -0.15) is 0 Å². The third kappa shape index (κ3) is 4.23. The SMILES string of the molecule is COc1ccc(C)cc1N1CC(C(=O)N2CCN(c3cccc([N+](=O)[O-])c3)CC2)CC1=O. The predicted molar refractivity (Wildman–Crippen MR) is 120 cm³/mol. The summed E-state index contributed by atoms with van der Waals surface area (Å²) in [5.41, 5.74) is 2.54. The van der Waals surface area contributed by atoms with Gasteiger partial charge < -0.3 is 19.4 Å². The summed E-state index contributed by atoms with van der Waals surface area (Å²) in [6, 6.07) is 12.2. The summed E-state index contributed by atoms with van der Waals surface area (Å²) in [6.07, 6.45) is 0.182. The number of rotatable bonds is 5. The number of hydrogen-bond acceptors (Lipinski definition) is 6. The summed E-state index contributed by atoms with van der Waals surface area (Å²) in [5.74, 6) is 0.119. The van der Waals surface area contributed by atoms with Gasteiger partial charge in [0.15, 0.2) is 0 Å². The Labute approximate surface area is 186 Å². The number of methoxy groups -OCH3 is 1. The van der Waals surface area contributed by atoms with Crippen LogP contribution in [-0.4, -0.2) is 61.5 Å². The van der Waals surface area contributed by atoms with Gasteiger partial charge in [-0.15, -0.1) is 0 Å². The first-order chi connectivity index (χ1) is 15.4. The van der Waals surface area contributed by atoms with E-state index in [2.05, 4.69) is 0 Å². The van der Waals surface area contributed by atoms with Crippen LogP contribution in [0, 0.1) is 23.0 Å². The van der Waals surface area contributed by atoms with E-state index in [1.165, 1.54) is 6.07 Å². The fourth-order valence-electron chi connectivity index (χ4n) is 4.36. The Morgan fingerprint density at radius 1 is 1.12 bits per heavy atom. The van der Waals surface area contributed by atoms with Crippen molar-refractivity contribution in [2.45, 2.75) is 13.3 Å². The molecule has 9 heteroatoms. The van der Waals surface area contributed by atoms with Crippen LogP contribution in [0.25, 0.3) is 0 Å². The van der Waals surface area contributed by atoms with Crippen molar-refractivity contribution in [3.63, 3.8) is 0 Å². The zero-order valence-corrected chi connectivity index (χ0v) is 18.2. The molecule has 2 aromatic rings. The van der Waals surface area contributed by atoms with Crippen LogP contribution in [0.4, 0.5) is 17.1 Å². The number of nitro groups is 1. The van der Waals surface area contributed by atoms with Crippen LogP contribution in [0.15, 0.2) is 42.5 Å². The zero-order valence-electron chi connectivity index (χ0n) is 18.2. The highest BCUT2D eigenvalue weighted by Crippen LogP contribution is 2.34. The van der Waals surface area contributed by atoms with Crippen LogP contribution in [0.1, 0.15) is 12.0 Å². The Balaban J connectivity index is 1.40. The second-order valence-electron chi connectivity index (χ2n) is 8.17. The van der Waals surface area contributed by atoms with Crippen molar-refractivity contribution in [2.75, 3.05) is 49.6 Å². The topological polar surface area (TPSA) is 96.2 Å².